The third-order valence-electron chi connectivity index (χ3n) is 7.31. The molecule has 0 spiro atoms. The third kappa shape index (κ3) is 6.74. The van der Waals surface area contributed by atoms with E-state index in [-0.39, 0.29) is 51.0 Å². The van der Waals surface area contributed by atoms with Gasteiger partial charge in [0.15, 0.2) is 11.6 Å². The molecule has 0 saturated heterocycles. The molecule has 2 aromatic carbocycles. The van der Waals surface area contributed by atoms with Crippen LogP contribution < -0.4 is 40.2 Å². The van der Waals surface area contributed by atoms with Gasteiger partial charge in [-0.25, -0.2) is 18.6 Å². The van der Waals surface area contributed by atoms with Crippen LogP contribution in [0.3, 0.4) is 0 Å². The minimum absolute atomic E-state index is 0. The zero-order valence-corrected chi connectivity index (χ0v) is 25.4. The monoisotopic (exact) mass is 582 g/mol. The molecule has 2 heterocycles. The molecular weight excluding hydrogens is 548 g/mol. The van der Waals surface area contributed by atoms with E-state index in [1.165, 1.54) is 0 Å². The second-order valence-electron chi connectivity index (χ2n) is 10.7. The van der Waals surface area contributed by atoms with Gasteiger partial charge in [0.2, 0.25) is 0 Å². The SMILES string of the molecule is Cc1cc(NC(=O)N[C@@H]2c3cc(F)c(F)cc3C(C)(C)C[C@H]2O)c(-c2ccccc2)nc1-c1ccnc(CO)c1.[BH4-].[Na+]. The van der Waals surface area contributed by atoms with Crippen LogP contribution in [0.15, 0.2) is 66.9 Å². The van der Waals surface area contributed by atoms with Crippen molar-refractivity contribution >= 4 is 20.1 Å². The number of carbonyl (C=O) groups is 1. The van der Waals surface area contributed by atoms with Crippen molar-refractivity contribution in [3.05, 3.63) is 101 Å². The van der Waals surface area contributed by atoms with Gasteiger partial charge in [-0.05, 0) is 65.8 Å². The van der Waals surface area contributed by atoms with Gasteiger partial charge in [-0.3, -0.25) is 4.98 Å². The van der Waals surface area contributed by atoms with Crippen molar-refractivity contribution in [1.82, 2.24) is 15.3 Å². The maximum Gasteiger partial charge on any atom is 1.00 e. The van der Waals surface area contributed by atoms with Crippen LogP contribution in [0.4, 0.5) is 19.3 Å². The van der Waals surface area contributed by atoms with Crippen LogP contribution in [0.5, 0.6) is 0 Å². The Balaban J connectivity index is 0.00000242. The summed E-state index contributed by atoms with van der Waals surface area (Å²) in [6.07, 6.45) is 0.844. The van der Waals surface area contributed by atoms with Crippen molar-refractivity contribution in [2.24, 2.45) is 0 Å². The first-order chi connectivity index (χ1) is 19.1. The number of hydrogen-bond acceptors (Lipinski definition) is 5. The molecule has 0 bridgehead atoms. The fourth-order valence-electron chi connectivity index (χ4n) is 5.37. The van der Waals surface area contributed by atoms with Gasteiger partial charge in [-0.2, -0.15) is 0 Å². The predicted molar refractivity (Wildman–Crippen MR) is 160 cm³/mol. The van der Waals surface area contributed by atoms with Crippen molar-refractivity contribution in [3.8, 4) is 22.5 Å². The van der Waals surface area contributed by atoms with Crippen molar-refractivity contribution < 1.29 is 53.3 Å². The molecule has 2 amide bonds. The van der Waals surface area contributed by atoms with E-state index in [4.69, 9.17) is 4.98 Å². The molecule has 0 saturated carbocycles. The molecule has 0 radical (unpaired) electrons. The van der Waals surface area contributed by atoms with Gasteiger partial charge in [0.25, 0.3) is 0 Å². The number of hydrogen-bond donors (Lipinski definition) is 4. The number of urea groups is 1. The first kappa shape index (κ1) is 33.4. The van der Waals surface area contributed by atoms with Gasteiger partial charge in [0.1, 0.15) is 0 Å². The first-order valence-corrected chi connectivity index (χ1v) is 13.0. The Morgan fingerprint density at radius 1 is 1.02 bits per heavy atom. The number of nitrogens with one attached hydrogen (secondary N) is 2. The fourth-order valence-corrected chi connectivity index (χ4v) is 5.37. The molecule has 11 heteroatoms. The van der Waals surface area contributed by atoms with Crippen LogP contribution >= 0.6 is 0 Å². The molecule has 1 aliphatic rings. The second kappa shape index (κ2) is 13.4. The number of nitrogens with zero attached hydrogens (tertiary/aromatic N) is 2. The molecule has 4 aromatic rings. The number of anilines is 1. The number of aliphatic hydroxyl groups is 2. The van der Waals surface area contributed by atoms with E-state index < -0.39 is 35.2 Å². The van der Waals surface area contributed by atoms with Crippen LogP contribution in [-0.2, 0) is 12.0 Å². The van der Waals surface area contributed by atoms with Crippen LogP contribution in [0.25, 0.3) is 22.5 Å². The fraction of sp³-hybridized carbons (Fsp3) is 0.258. The number of carbonyl (C=O) groups excluding carboxylic acids is 1. The molecule has 0 unspecified atom stereocenters. The third-order valence-corrected chi connectivity index (χ3v) is 7.31. The van der Waals surface area contributed by atoms with E-state index in [2.05, 4.69) is 15.6 Å². The van der Waals surface area contributed by atoms with Gasteiger partial charge in [0, 0.05) is 17.3 Å². The smallest absolute Gasteiger partial charge is 0.391 e. The summed E-state index contributed by atoms with van der Waals surface area (Å²) in [6.45, 7) is 5.34. The van der Waals surface area contributed by atoms with E-state index >= 15 is 0 Å². The average Bonchev–Trinajstić information content (AvgIpc) is 2.92. The summed E-state index contributed by atoms with van der Waals surface area (Å²) in [4.78, 5) is 22.3. The van der Waals surface area contributed by atoms with Crippen LogP contribution in [0.1, 0.15) is 48.7 Å². The molecular formula is C31H34BF2N4NaO3. The molecule has 1 aliphatic carbocycles. The minimum atomic E-state index is -1.04. The van der Waals surface area contributed by atoms with Crippen molar-refractivity contribution in [3.63, 3.8) is 0 Å². The molecule has 2 aromatic heterocycles. The first-order valence-electron chi connectivity index (χ1n) is 13.0. The Kier molecular flexibility index (Phi) is 10.7. The van der Waals surface area contributed by atoms with Gasteiger partial charge >= 0.3 is 35.6 Å². The van der Waals surface area contributed by atoms with Crippen molar-refractivity contribution in [2.75, 3.05) is 5.32 Å². The number of halogens is 2. The maximum atomic E-state index is 14.2. The van der Waals surface area contributed by atoms with Crippen LogP contribution in [-0.4, -0.2) is 40.7 Å². The van der Waals surface area contributed by atoms with Gasteiger partial charge in [-0.1, -0.05) is 52.6 Å². The standard InChI is InChI=1S/C31H30F2N4O3.BH4.Na/c1-17-11-25(28(18-7-5-4-6-8-18)36-27(17)19-9-10-34-20(12-19)16-38)35-30(40)37-29-21-13-23(32)24(33)14-22(21)31(2,3)15-26(29)39;;/h4-14,26,29,38-39H,15-16H2,1-3H3,(H2,35,37,40);1H4;/q;-1;+1/t26-,29-;;/m1../s1. The van der Waals surface area contributed by atoms with Gasteiger partial charge in [0.05, 0.1) is 41.5 Å². The van der Waals surface area contributed by atoms with Crippen molar-refractivity contribution in [2.45, 2.75) is 51.4 Å². The Bertz CT molecular complexity index is 1590. The summed E-state index contributed by atoms with van der Waals surface area (Å²) in [7, 11) is 0. The van der Waals surface area contributed by atoms with Gasteiger partial charge < -0.3 is 20.8 Å². The van der Waals surface area contributed by atoms with Crippen LogP contribution in [0, 0.1) is 18.6 Å². The largest absolute Gasteiger partial charge is 1.00 e. The quantitative estimate of drug-likeness (QED) is 0.266. The number of rotatable bonds is 5. The zero-order valence-electron chi connectivity index (χ0n) is 23.4. The summed E-state index contributed by atoms with van der Waals surface area (Å²) in [6, 6.07) is 15.3. The van der Waals surface area contributed by atoms with E-state index in [1.807, 2.05) is 51.1 Å². The number of aromatic nitrogens is 2. The molecule has 5 rings (SSSR count). The summed E-state index contributed by atoms with van der Waals surface area (Å²) in [5, 5.41) is 26.1. The normalized spacial score (nSPS) is 16.8. The predicted octanol–water partition coefficient (Wildman–Crippen LogP) is 1.35. The molecule has 0 aliphatic heterocycles. The Morgan fingerprint density at radius 3 is 2.40 bits per heavy atom. The Labute approximate surface area is 267 Å². The number of amides is 2. The Morgan fingerprint density at radius 2 is 1.71 bits per heavy atom. The average molecular weight is 582 g/mol. The van der Waals surface area contributed by atoms with E-state index in [1.54, 1.807) is 24.4 Å². The van der Waals surface area contributed by atoms with E-state index in [0.29, 0.717) is 33.9 Å². The topological polar surface area (TPSA) is 107 Å². The number of aryl methyl sites for hydroxylation is 1. The van der Waals surface area contributed by atoms with Gasteiger partial charge in [-0.15, -0.1) is 0 Å². The van der Waals surface area contributed by atoms with E-state index in [9.17, 15) is 23.8 Å². The molecule has 7 nitrogen and oxygen atoms in total. The summed E-state index contributed by atoms with van der Waals surface area (Å²) >= 11 is 0. The Hall–Kier alpha value is -3.15. The maximum absolute atomic E-state index is 14.2. The number of aliphatic hydroxyl groups excluding tert-OH is 2. The number of benzene rings is 2. The summed E-state index contributed by atoms with van der Waals surface area (Å²) in [5.74, 6) is -2.01. The molecule has 4 N–H and O–H groups in total. The molecule has 214 valence electrons. The van der Waals surface area contributed by atoms with Crippen LogP contribution in [0.2, 0.25) is 0 Å². The summed E-state index contributed by atoms with van der Waals surface area (Å²) < 4.78 is 28.3. The minimum Gasteiger partial charge on any atom is -0.391 e. The second-order valence-corrected chi connectivity index (χ2v) is 10.7. The van der Waals surface area contributed by atoms with E-state index in [0.717, 1.165) is 28.8 Å². The number of pyridine rings is 2. The van der Waals surface area contributed by atoms with Crippen molar-refractivity contribution in [1.29, 1.82) is 0 Å². The number of fused-ring (bicyclic) bond motifs is 1. The molecule has 0 fully saturated rings. The summed E-state index contributed by atoms with van der Waals surface area (Å²) in [5.41, 5.74) is 4.67. The molecule has 42 heavy (non-hydrogen) atoms. The molecule has 2 atom stereocenters. The zero-order chi connectivity index (χ0) is 28.6.